The lowest BCUT2D eigenvalue weighted by molar-refractivity contribution is 0.0369. The van der Waals surface area contributed by atoms with E-state index in [1.165, 1.54) is 0 Å². The fourth-order valence-corrected chi connectivity index (χ4v) is 1.08. The highest BCUT2D eigenvalue weighted by atomic mass is 16.5. The Balaban J connectivity index is 3.49. The minimum absolute atomic E-state index is 0.382. The van der Waals surface area contributed by atoms with Gasteiger partial charge in [0, 0.05) is 13.2 Å². The Morgan fingerprint density at radius 3 is 2.31 bits per heavy atom. The third-order valence-electron chi connectivity index (χ3n) is 2.09. The molecule has 1 atom stereocenters. The zero-order valence-corrected chi connectivity index (χ0v) is 9.81. The SMILES string of the molecule is CCC(CNC)OCCC(C)(C)C. The topological polar surface area (TPSA) is 21.3 Å². The van der Waals surface area contributed by atoms with E-state index in [2.05, 4.69) is 33.0 Å². The summed E-state index contributed by atoms with van der Waals surface area (Å²) in [4.78, 5) is 0. The number of likely N-dealkylation sites (N-methyl/N-ethyl adjacent to an activating group) is 1. The molecule has 0 aromatic rings. The Labute approximate surface area is 83.1 Å². The molecule has 0 aliphatic rings. The number of hydrogen-bond donors (Lipinski definition) is 1. The number of nitrogens with one attached hydrogen (secondary N) is 1. The van der Waals surface area contributed by atoms with Gasteiger partial charge in [-0.3, -0.25) is 0 Å². The maximum Gasteiger partial charge on any atom is 0.0696 e. The molecule has 0 aromatic carbocycles. The molecule has 0 fully saturated rings. The molecule has 2 heteroatoms. The Morgan fingerprint density at radius 2 is 1.92 bits per heavy atom. The van der Waals surface area contributed by atoms with Crippen LogP contribution in [0.1, 0.15) is 40.5 Å². The minimum Gasteiger partial charge on any atom is -0.377 e. The molecular formula is C11H25NO. The standard InChI is InChI=1S/C11H25NO/c1-6-10(9-12-5)13-8-7-11(2,3)4/h10,12H,6-9H2,1-5H3. The molecule has 13 heavy (non-hydrogen) atoms. The number of ether oxygens (including phenoxy) is 1. The summed E-state index contributed by atoms with van der Waals surface area (Å²) in [5.74, 6) is 0. The van der Waals surface area contributed by atoms with Gasteiger partial charge in [-0.25, -0.2) is 0 Å². The van der Waals surface area contributed by atoms with Crippen molar-refractivity contribution in [3.8, 4) is 0 Å². The summed E-state index contributed by atoms with van der Waals surface area (Å²) < 4.78 is 5.75. The third kappa shape index (κ3) is 8.26. The highest BCUT2D eigenvalue weighted by molar-refractivity contribution is 4.62. The van der Waals surface area contributed by atoms with Gasteiger partial charge in [0.2, 0.25) is 0 Å². The van der Waals surface area contributed by atoms with E-state index >= 15 is 0 Å². The van der Waals surface area contributed by atoms with Gasteiger partial charge in [-0.05, 0) is 25.3 Å². The molecule has 0 saturated carbocycles. The first-order valence-electron chi connectivity index (χ1n) is 5.26. The van der Waals surface area contributed by atoms with E-state index in [1.807, 2.05) is 7.05 Å². The Kier molecular flexibility index (Phi) is 6.35. The first-order valence-corrected chi connectivity index (χ1v) is 5.26. The van der Waals surface area contributed by atoms with Crippen LogP contribution in [0.3, 0.4) is 0 Å². The summed E-state index contributed by atoms with van der Waals surface area (Å²) in [5, 5.41) is 3.14. The van der Waals surface area contributed by atoms with Crippen LogP contribution in [0, 0.1) is 5.41 Å². The van der Waals surface area contributed by atoms with Crippen LogP contribution in [0.25, 0.3) is 0 Å². The minimum atomic E-state index is 0.382. The Bertz CT molecular complexity index is 118. The van der Waals surface area contributed by atoms with Crippen LogP contribution in [0.5, 0.6) is 0 Å². The van der Waals surface area contributed by atoms with Crippen molar-refractivity contribution in [2.45, 2.75) is 46.6 Å². The van der Waals surface area contributed by atoms with Crippen molar-refractivity contribution in [2.24, 2.45) is 5.41 Å². The van der Waals surface area contributed by atoms with Crippen molar-refractivity contribution in [2.75, 3.05) is 20.2 Å². The summed E-state index contributed by atoms with van der Waals surface area (Å²) in [5.41, 5.74) is 0.387. The Morgan fingerprint density at radius 1 is 1.31 bits per heavy atom. The molecule has 0 bridgehead atoms. The highest BCUT2D eigenvalue weighted by Crippen LogP contribution is 2.18. The second kappa shape index (κ2) is 6.39. The van der Waals surface area contributed by atoms with Crippen LogP contribution in [-0.2, 0) is 4.74 Å². The molecule has 1 N–H and O–H groups in total. The van der Waals surface area contributed by atoms with Crippen LogP contribution in [0.4, 0.5) is 0 Å². The highest BCUT2D eigenvalue weighted by Gasteiger charge is 2.11. The van der Waals surface area contributed by atoms with Gasteiger partial charge in [-0.15, -0.1) is 0 Å². The van der Waals surface area contributed by atoms with Crippen LogP contribution >= 0.6 is 0 Å². The van der Waals surface area contributed by atoms with Gasteiger partial charge in [0.15, 0.2) is 0 Å². The van der Waals surface area contributed by atoms with Crippen molar-refractivity contribution in [3.63, 3.8) is 0 Å². The lowest BCUT2D eigenvalue weighted by Crippen LogP contribution is -2.27. The maximum absolute atomic E-state index is 5.75. The van der Waals surface area contributed by atoms with Gasteiger partial charge in [0.25, 0.3) is 0 Å². The van der Waals surface area contributed by atoms with E-state index in [0.717, 1.165) is 26.0 Å². The molecule has 0 radical (unpaired) electrons. The van der Waals surface area contributed by atoms with E-state index in [1.54, 1.807) is 0 Å². The molecule has 0 heterocycles. The fourth-order valence-electron chi connectivity index (χ4n) is 1.08. The monoisotopic (exact) mass is 187 g/mol. The molecule has 0 amide bonds. The average Bonchev–Trinajstić information content (AvgIpc) is 2.01. The van der Waals surface area contributed by atoms with Gasteiger partial charge >= 0.3 is 0 Å². The third-order valence-corrected chi connectivity index (χ3v) is 2.09. The van der Waals surface area contributed by atoms with E-state index in [-0.39, 0.29) is 0 Å². The zero-order valence-electron chi connectivity index (χ0n) is 9.81. The van der Waals surface area contributed by atoms with Crippen LogP contribution in [0.2, 0.25) is 0 Å². The van der Waals surface area contributed by atoms with Crippen molar-refractivity contribution in [1.82, 2.24) is 5.32 Å². The van der Waals surface area contributed by atoms with E-state index in [4.69, 9.17) is 4.74 Å². The van der Waals surface area contributed by atoms with Gasteiger partial charge in [0.05, 0.1) is 6.10 Å². The second-order valence-electron chi connectivity index (χ2n) is 4.77. The largest absolute Gasteiger partial charge is 0.377 e. The zero-order chi connectivity index (χ0) is 10.3. The lowest BCUT2D eigenvalue weighted by Gasteiger charge is -2.21. The quantitative estimate of drug-likeness (QED) is 0.689. The molecule has 0 aromatic heterocycles. The van der Waals surface area contributed by atoms with Crippen molar-refractivity contribution in [1.29, 1.82) is 0 Å². The van der Waals surface area contributed by atoms with E-state index in [9.17, 15) is 0 Å². The number of rotatable bonds is 6. The predicted molar refractivity (Wildman–Crippen MR) is 58.0 cm³/mol. The van der Waals surface area contributed by atoms with Gasteiger partial charge < -0.3 is 10.1 Å². The van der Waals surface area contributed by atoms with Crippen molar-refractivity contribution in [3.05, 3.63) is 0 Å². The molecule has 80 valence electrons. The summed E-state index contributed by atoms with van der Waals surface area (Å²) in [6.45, 7) is 10.7. The summed E-state index contributed by atoms with van der Waals surface area (Å²) in [7, 11) is 1.97. The molecule has 0 rings (SSSR count). The average molecular weight is 187 g/mol. The fraction of sp³-hybridized carbons (Fsp3) is 1.00. The first kappa shape index (κ1) is 12.9. The summed E-state index contributed by atoms with van der Waals surface area (Å²) >= 11 is 0. The molecule has 0 aliphatic heterocycles. The van der Waals surface area contributed by atoms with Crippen molar-refractivity contribution >= 4 is 0 Å². The molecule has 2 nitrogen and oxygen atoms in total. The smallest absolute Gasteiger partial charge is 0.0696 e. The van der Waals surface area contributed by atoms with E-state index in [0.29, 0.717) is 11.5 Å². The summed E-state index contributed by atoms with van der Waals surface area (Å²) in [6.07, 6.45) is 2.60. The van der Waals surface area contributed by atoms with Gasteiger partial charge in [0.1, 0.15) is 0 Å². The first-order chi connectivity index (χ1) is 5.99. The Hall–Kier alpha value is -0.0800. The molecule has 1 unspecified atom stereocenters. The van der Waals surface area contributed by atoms with Gasteiger partial charge in [-0.1, -0.05) is 27.7 Å². The van der Waals surface area contributed by atoms with Crippen LogP contribution in [0.15, 0.2) is 0 Å². The van der Waals surface area contributed by atoms with E-state index < -0.39 is 0 Å². The van der Waals surface area contributed by atoms with Gasteiger partial charge in [-0.2, -0.15) is 0 Å². The predicted octanol–water partition coefficient (Wildman–Crippen LogP) is 2.44. The number of hydrogen-bond acceptors (Lipinski definition) is 2. The van der Waals surface area contributed by atoms with Crippen molar-refractivity contribution < 1.29 is 4.74 Å². The maximum atomic E-state index is 5.75. The molecule has 0 aliphatic carbocycles. The molecular weight excluding hydrogens is 162 g/mol. The van der Waals surface area contributed by atoms with Crippen LogP contribution in [-0.4, -0.2) is 26.3 Å². The second-order valence-corrected chi connectivity index (χ2v) is 4.77. The van der Waals surface area contributed by atoms with Crippen LogP contribution < -0.4 is 5.32 Å². The normalized spacial score (nSPS) is 14.5. The lowest BCUT2D eigenvalue weighted by atomic mass is 9.93. The molecule has 0 saturated heterocycles. The summed E-state index contributed by atoms with van der Waals surface area (Å²) in [6, 6.07) is 0. The molecule has 0 spiro atoms.